The van der Waals surface area contributed by atoms with Crippen molar-refractivity contribution in [3.8, 4) is 0 Å². The number of morpholine rings is 1. The van der Waals surface area contributed by atoms with Crippen LogP contribution in [0.1, 0.15) is 6.92 Å². The summed E-state index contributed by atoms with van der Waals surface area (Å²) in [6.45, 7) is 3.94. The Labute approximate surface area is 169 Å². The number of nitrogens with zero attached hydrogens (tertiary/aromatic N) is 4. The summed E-state index contributed by atoms with van der Waals surface area (Å²) in [6.07, 6.45) is 1.47. The lowest BCUT2D eigenvalue weighted by molar-refractivity contribution is -0.114. The number of carbonyl (C=O) groups is 1. The van der Waals surface area contributed by atoms with E-state index >= 15 is 0 Å². The van der Waals surface area contributed by atoms with E-state index in [0.717, 1.165) is 0 Å². The zero-order valence-electron chi connectivity index (χ0n) is 16.5. The van der Waals surface area contributed by atoms with Crippen molar-refractivity contribution < 1.29 is 17.9 Å². The van der Waals surface area contributed by atoms with Gasteiger partial charge in [-0.3, -0.25) is 9.52 Å². The fourth-order valence-corrected chi connectivity index (χ4v) is 3.86. The number of ether oxygens (including phenoxy) is 1. The number of aromatic nitrogens is 2. The molecule has 0 atom stereocenters. The highest BCUT2D eigenvalue weighted by molar-refractivity contribution is 7.92. The lowest BCUT2D eigenvalue weighted by Crippen LogP contribution is -2.37. The molecule has 156 valence electrons. The van der Waals surface area contributed by atoms with E-state index in [1.54, 1.807) is 19.0 Å². The summed E-state index contributed by atoms with van der Waals surface area (Å²) in [5, 5.41) is 2.60. The Morgan fingerprint density at radius 2 is 1.83 bits per heavy atom. The second-order valence-electron chi connectivity index (χ2n) is 6.71. The molecule has 2 aromatic rings. The summed E-state index contributed by atoms with van der Waals surface area (Å²) < 4.78 is 33.5. The Hall–Kier alpha value is -2.92. The molecule has 1 aliphatic rings. The number of amides is 1. The van der Waals surface area contributed by atoms with Crippen LogP contribution in [0.5, 0.6) is 0 Å². The predicted octanol–water partition coefficient (Wildman–Crippen LogP) is 1.14. The van der Waals surface area contributed by atoms with Gasteiger partial charge in [0.15, 0.2) is 5.82 Å². The van der Waals surface area contributed by atoms with Gasteiger partial charge in [0.2, 0.25) is 11.9 Å². The SMILES string of the molecule is CC(=O)Nc1ccc(S(=O)(=O)Nc2cnc(N3CCOCC3)nc2N(C)C)cc1. The second-order valence-corrected chi connectivity index (χ2v) is 8.39. The average molecular weight is 420 g/mol. The molecule has 29 heavy (non-hydrogen) atoms. The first-order valence-corrected chi connectivity index (χ1v) is 10.5. The largest absolute Gasteiger partial charge is 0.378 e. The zero-order chi connectivity index (χ0) is 21.0. The van der Waals surface area contributed by atoms with Gasteiger partial charge in [-0.05, 0) is 24.3 Å². The van der Waals surface area contributed by atoms with Crippen LogP contribution in [-0.2, 0) is 19.6 Å². The Kier molecular flexibility index (Phi) is 6.18. The van der Waals surface area contributed by atoms with E-state index in [1.807, 2.05) is 4.90 Å². The highest BCUT2D eigenvalue weighted by Gasteiger charge is 2.21. The summed E-state index contributed by atoms with van der Waals surface area (Å²) in [4.78, 5) is 23.8. The van der Waals surface area contributed by atoms with Crippen LogP contribution in [0.25, 0.3) is 0 Å². The fourth-order valence-electron chi connectivity index (χ4n) is 2.82. The number of nitrogens with one attached hydrogen (secondary N) is 2. The smallest absolute Gasteiger partial charge is 0.262 e. The summed E-state index contributed by atoms with van der Waals surface area (Å²) in [5.74, 6) is 0.756. The second kappa shape index (κ2) is 8.62. The summed E-state index contributed by atoms with van der Waals surface area (Å²) in [7, 11) is -0.289. The Morgan fingerprint density at radius 1 is 1.17 bits per heavy atom. The van der Waals surface area contributed by atoms with E-state index < -0.39 is 10.0 Å². The average Bonchev–Trinajstić information content (AvgIpc) is 2.68. The molecule has 0 spiro atoms. The monoisotopic (exact) mass is 420 g/mol. The minimum atomic E-state index is -3.86. The molecule has 1 fully saturated rings. The summed E-state index contributed by atoms with van der Waals surface area (Å²) in [5.41, 5.74) is 0.793. The third-order valence-electron chi connectivity index (χ3n) is 4.20. The molecule has 3 rings (SSSR count). The Bertz CT molecular complexity index is 972. The van der Waals surface area contributed by atoms with Crippen LogP contribution in [0.15, 0.2) is 35.4 Å². The van der Waals surface area contributed by atoms with E-state index in [9.17, 15) is 13.2 Å². The first-order valence-electron chi connectivity index (χ1n) is 9.04. The maximum Gasteiger partial charge on any atom is 0.262 e. The van der Waals surface area contributed by atoms with Gasteiger partial charge in [0.25, 0.3) is 10.0 Å². The van der Waals surface area contributed by atoms with Crippen LogP contribution in [0.3, 0.4) is 0 Å². The maximum absolute atomic E-state index is 12.8. The standard InChI is InChI=1S/C18H24N6O4S/c1-13(25)20-14-4-6-15(7-5-14)29(26,27)22-16-12-19-18(21-17(16)23(2)3)24-8-10-28-11-9-24/h4-7,12,22H,8-11H2,1-3H3,(H,20,25). The van der Waals surface area contributed by atoms with Crippen molar-refractivity contribution in [2.75, 3.05) is 60.2 Å². The molecular formula is C18H24N6O4S. The molecule has 1 aliphatic heterocycles. The minimum absolute atomic E-state index is 0.0635. The van der Waals surface area contributed by atoms with E-state index in [0.29, 0.717) is 43.8 Å². The van der Waals surface area contributed by atoms with Gasteiger partial charge in [-0.15, -0.1) is 0 Å². The van der Waals surface area contributed by atoms with Gasteiger partial charge >= 0.3 is 0 Å². The normalized spacial score (nSPS) is 14.4. The van der Waals surface area contributed by atoms with Crippen molar-refractivity contribution in [1.29, 1.82) is 0 Å². The van der Waals surface area contributed by atoms with E-state index in [1.165, 1.54) is 37.4 Å². The number of rotatable bonds is 6. The molecule has 11 heteroatoms. The Balaban J connectivity index is 1.84. The van der Waals surface area contributed by atoms with Gasteiger partial charge in [0, 0.05) is 39.8 Å². The molecule has 1 amide bonds. The minimum Gasteiger partial charge on any atom is -0.378 e. The lowest BCUT2D eigenvalue weighted by atomic mass is 10.3. The first kappa shape index (κ1) is 20.8. The molecular weight excluding hydrogens is 396 g/mol. The van der Waals surface area contributed by atoms with Gasteiger partial charge in [0.1, 0.15) is 5.69 Å². The number of carbonyl (C=O) groups excluding carboxylic acids is 1. The van der Waals surface area contributed by atoms with Crippen molar-refractivity contribution in [2.24, 2.45) is 0 Å². The maximum atomic E-state index is 12.8. The van der Waals surface area contributed by atoms with Gasteiger partial charge in [-0.25, -0.2) is 13.4 Å². The third kappa shape index (κ3) is 5.12. The van der Waals surface area contributed by atoms with Crippen LogP contribution in [0.2, 0.25) is 0 Å². The quantitative estimate of drug-likeness (QED) is 0.715. The van der Waals surface area contributed by atoms with E-state index in [-0.39, 0.29) is 16.5 Å². The Morgan fingerprint density at radius 3 is 2.41 bits per heavy atom. The van der Waals surface area contributed by atoms with E-state index in [2.05, 4.69) is 20.0 Å². The van der Waals surface area contributed by atoms with Crippen LogP contribution >= 0.6 is 0 Å². The third-order valence-corrected chi connectivity index (χ3v) is 5.58. The fraction of sp³-hybridized carbons (Fsp3) is 0.389. The molecule has 0 saturated carbocycles. The summed E-state index contributed by atoms with van der Waals surface area (Å²) in [6, 6.07) is 5.90. The lowest BCUT2D eigenvalue weighted by Gasteiger charge is -2.28. The molecule has 0 bridgehead atoms. The number of hydrogen-bond acceptors (Lipinski definition) is 8. The summed E-state index contributed by atoms with van der Waals surface area (Å²) >= 11 is 0. The molecule has 1 saturated heterocycles. The topological polar surface area (TPSA) is 117 Å². The number of hydrogen-bond donors (Lipinski definition) is 2. The predicted molar refractivity (Wildman–Crippen MR) is 111 cm³/mol. The molecule has 1 aromatic carbocycles. The molecule has 0 radical (unpaired) electrons. The van der Waals surface area contributed by atoms with Crippen molar-refractivity contribution >= 4 is 39.1 Å². The number of sulfonamides is 1. The molecule has 2 heterocycles. The number of anilines is 4. The van der Waals surface area contributed by atoms with Crippen LogP contribution in [0.4, 0.5) is 23.1 Å². The van der Waals surface area contributed by atoms with Crippen molar-refractivity contribution in [3.63, 3.8) is 0 Å². The van der Waals surface area contributed by atoms with Gasteiger partial charge in [0.05, 0.1) is 24.3 Å². The highest BCUT2D eigenvalue weighted by Crippen LogP contribution is 2.27. The van der Waals surface area contributed by atoms with Crippen molar-refractivity contribution in [2.45, 2.75) is 11.8 Å². The molecule has 10 nitrogen and oxygen atoms in total. The zero-order valence-corrected chi connectivity index (χ0v) is 17.4. The number of benzene rings is 1. The molecule has 0 aliphatic carbocycles. The van der Waals surface area contributed by atoms with Crippen LogP contribution in [0, 0.1) is 0 Å². The van der Waals surface area contributed by atoms with Gasteiger partial charge in [-0.1, -0.05) is 0 Å². The van der Waals surface area contributed by atoms with Gasteiger partial charge < -0.3 is 19.9 Å². The van der Waals surface area contributed by atoms with Crippen LogP contribution in [-0.4, -0.2) is 64.7 Å². The molecule has 0 unspecified atom stereocenters. The van der Waals surface area contributed by atoms with E-state index in [4.69, 9.17) is 4.74 Å². The molecule has 2 N–H and O–H groups in total. The van der Waals surface area contributed by atoms with Gasteiger partial charge in [-0.2, -0.15) is 4.98 Å². The van der Waals surface area contributed by atoms with Crippen LogP contribution < -0.4 is 19.8 Å². The molecule has 1 aromatic heterocycles. The first-order chi connectivity index (χ1) is 13.8. The van der Waals surface area contributed by atoms with Crippen molar-refractivity contribution in [3.05, 3.63) is 30.5 Å². The van der Waals surface area contributed by atoms with Crippen molar-refractivity contribution in [1.82, 2.24) is 9.97 Å². The highest BCUT2D eigenvalue weighted by atomic mass is 32.2.